The summed E-state index contributed by atoms with van der Waals surface area (Å²) in [6.07, 6.45) is -0.214. The molecule has 15 heteroatoms. The maximum atomic E-state index is 13.6. The van der Waals surface area contributed by atoms with Gasteiger partial charge >= 0.3 is 6.09 Å². The fraction of sp³-hybridized carbons (Fsp3) is 0.559. The van der Waals surface area contributed by atoms with Gasteiger partial charge in [-0.1, -0.05) is 27.7 Å². The van der Waals surface area contributed by atoms with Gasteiger partial charge in [0.2, 0.25) is 5.95 Å². The highest BCUT2D eigenvalue weighted by molar-refractivity contribution is 6.74. The van der Waals surface area contributed by atoms with E-state index in [9.17, 15) is 18.8 Å². The molecular weight excluding hydrogens is 653 g/mol. The molecule has 266 valence electrons. The van der Waals surface area contributed by atoms with Crippen LogP contribution in [0.3, 0.4) is 0 Å². The Bertz CT molecular complexity index is 1700. The van der Waals surface area contributed by atoms with Crippen LogP contribution >= 0.6 is 0 Å². The summed E-state index contributed by atoms with van der Waals surface area (Å²) in [6, 6.07) is 7.60. The second-order valence-corrected chi connectivity index (χ2v) is 19.7. The molecule has 0 aliphatic carbocycles. The first kappa shape index (κ1) is 37.7. The summed E-state index contributed by atoms with van der Waals surface area (Å²) in [4.78, 5) is 24.1. The van der Waals surface area contributed by atoms with Crippen LogP contribution in [0.4, 0.5) is 30.9 Å². The smallest absolute Gasteiger partial charge is 0.414 e. The number of nitrogens with one attached hydrogen (secondary N) is 1. The van der Waals surface area contributed by atoms with Gasteiger partial charge in [0.25, 0.3) is 12.3 Å². The van der Waals surface area contributed by atoms with E-state index in [1.807, 2.05) is 13.0 Å². The lowest BCUT2D eigenvalue weighted by molar-refractivity contribution is 0.0575. The molecule has 1 aliphatic heterocycles. The zero-order chi connectivity index (χ0) is 36.4. The molecule has 0 fully saturated rings. The fourth-order valence-electron chi connectivity index (χ4n) is 5.04. The lowest BCUT2D eigenvalue weighted by Crippen LogP contribution is -2.46. The van der Waals surface area contributed by atoms with E-state index in [0.29, 0.717) is 29.2 Å². The number of hydrogen-bond donors (Lipinski definition) is 1. The van der Waals surface area contributed by atoms with E-state index in [2.05, 4.69) is 60.3 Å². The Balaban J connectivity index is 1.76. The Morgan fingerprint density at radius 1 is 1.18 bits per heavy atom. The second kappa shape index (κ2) is 14.4. The predicted molar refractivity (Wildman–Crippen MR) is 185 cm³/mol. The molecule has 4 rings (SSSR count). The number of rotatable bonds is 12. The number of nitrogens with zero attached hydrogens (tertiary/aromatic N) is 6. The Kier molecular flexibility index (Phi) is 11.1. The minimum atomic E-state index is -2.61. The molecule has 12 nitrogen and oxygen atoms in total. The van der Waals surface area contributed by atoms with Crippen molar-refractivity contribution in [1.82, 2.24) is 19.7 Å². The van der Waals surface area contributed by atoms with Gasteiger partial charge in [-0.3, -0.25) is 9.58 Å². The van der Waals surface area contributed by atoms with E-state index in [1.165, 1.54) is 18.2 Å². The number of carbonyl (C=O) groups excluding carboxylic acids is 1. The number of ether oxygens (including phenoxy) is 3. The first-order valence-electron chi connectivity index (χ1n) is 16.1. The quantitative estimate of drug-likeness (QED) is 0.152. The monoisotopic (exact) mass is 699 g/mol. The van der Waals surface area contributed by atoms with Crippen molar-refractivity contribution >= 4 is 31.7 Å². The van der Waals surface area contributed by atoms with E-state index in [4.69, 9.17) is 18.6 Å². The highest BCUT2D eigenvalue weighted by atomic mass is 28.4. The van der Waals surface area contributed by atoms with Gasteiger partial charge in [-0.05, 0) is 62.7 Å². The van der Waals surface area contributed by atoms with Crippen molar-refractivity contribution in [2.24, 2.45) is 0 Å². The third-order valence-corrected chi connectivity index (χ3v) is 13.1. The lowest BCUT2D eigenvalue weighted by Gasteiger charge is -2.39. The summed E-state index contributed by atoms with van der Waals surface area (Å²) in [6.45, 7) is 18.7. The molecule has 3 heterocycles. The maximum absolute atomic E-state index is 13.6. The van der Waals surface area contributed by atoms with Gasteiger partial charge in [0, 0.05) is 37.4 Å². The van der Waals surface area contributed by atoms with Crippen molar-refractivity contribution in [2.75, 3.05) is 43.7 Å². The minimum Gasteiger partial charge on any atom is -0.473 e. The molecule has 1 amide bonds. The van der Waals surface area contributed by atoms with E-state index < -0.39 is 38.4 Å². The van der Waals surface area contributed by atoms with E-state index >= 15 is 0 Å². The Morgan fingerprint density at radius 2 is 1.90 bits per heavy atom. The van der Waals surface area contributed by atoms with Crippen LogP contribution in [0.5, 0.6) is 5.88 Å². The second-order valence-electron chi connectivity index (χ2n) is 14.9. The molecule has 0 radical (unpaired) electrons. The summed E-state index contributed by atoms with van der Waals surface area (Å²) in [7, 11) is -0.669. The van der Waals surface area contributed by atoms with Gasteiger partial charge in [-0.15, -0.1) is 5.10 Å². The standard InChI is InChI=1S/C34H47F2N7O5Si/c1-32(2,3)48-31(44)43-20-34(7,21-47-49(9,10)33(4,5)6)24-16-22(15-23(17-37)28(24)43)25-11-12-38-30(39-25)40-26-18-42(19-27(35)36)41-29(26)46-14-13-45-8/h11-12,15-16,18,27H,13-14,19-21H2,1-10H3,(H,38,39,40)/t34-/m1/s1. The van der Waals surface area contributed by atoms with Gasteiger partial charge in [-0.2, -0.15) is 5.26 Å². The molecule has 0 saturated heterocycles. The zero-order valence-corrected chi connectivity index (χ0v) is 31.0. The summed E-state index contributed by atoms with van der Waals surface area (Å²) >= 11 is 0. The Hall–Kier alpha value is -4.13. The molecule has 2 aromatic heterocycles. The molecule has 0 spiro atoms. The molecular formula is C34H47F2N7O5Si. The SMILES string of the molecule is COCCOc1nn(CC(F)F)cc1Nc1nccc(-c2cc(C#N)c3c(c2)[C@@](C)(CO[Si](C)(C)C(C)(C)C)CN3C(=O)OC(C)(C)C)n1. The third kappa shape index (κ3) is 8.92. The topological polar surface area (TPSA) is 137 Å². The number of anilines is 3. The number of carbonyl (C=O) groups is 1. The number of aromatic nitrogens is 4. The van der Waals surface area contributed by atoms with Crippen molar-refractivity contribution in [3.05, 3.63) is 41.7 Å². The molecule has 49 heavy (non-hydrogen) atoms. The van der Waals surface area contributed by atoms with Gasteiger partial charge in [0.15, 0.2) is 8.32 Å². The van der Waals surface area contributed by atoms with Crippen LogP contribution in [0.2, 0.25) is 18.1 Å². The van der Waals surface area contributed by atoms with Crippen LogP contribution in [0.25, 0.3) is 11.3 Å². The van der Waals surface area contributed by atoms with Crippen molar-refractivity contribution in [3.8, 4) is 23.2 Å². The van der Waals surface area contributed by atoms with E-state index in [0.717, 1.165) is 10.2 Å². The molecule has 1 aliphatic rings. The normalized spacial score (nSPS) is 16.4. The van der Waals surface area contributed by atoms with Crippen molar-refractivity contribution in [3.63, 3.8) is 0 Å². The number of amides is 1. The Morgan fingerprint density at radius 3 is 2.51 bits per heavy atom. The van der Waals surface area contributed by atoms with Crippen LogP contribution in [0, 0.1) is 11.3 Å². The van der Waals surface area contributed by atoms with Crippen LogP contribution < -0.4 is 15.0 Å². The summed E-state index contributed by atoms with van der Waals surface area (Å²) < 4.78 is 50.5. The first-order chi connectivity index (χ1) is 22.8. The molecule has 0 saturated carbocycles. The highest BCUT2D eigenvalue weighted by Gasteiger charge is 2.47. The van der Waals surface area contributed by atoms with E-state index in [1.54, 1.807) is 39.1 Å². The van der Waals surface area contributed by atoms with Crippen LogP contribution in [-0.4, -0.2) is 79.7 Å². The lowest BCUT2D eigenvalue weighted by atomic mass is 9.83. The summed E-state index contributed by atoms with van der Waals surface area (Å²) in [5.74, 6) is 0.250. The average molecular weight is 700 g/mol. The van der Waals surface area contributed by atoms with Gasteiger partial charge in [0.1, 0.15) is 30.5 Å². The van der Waals surface area contributed by atoms with Crippen LogP contribution in [0.15, 0.2) is 30.6 Å². The predicted octanol–water partition coefficient (Wildman–Crippen LogP) is 7.28. The van der Waals surface area contributed by atoms with Crippen molar-refractivity contribution in [1.29, 1.82) is 5.26 Å². The summed E-state index contributed by atoms with van der Waals surface area (Å²) in [5, 5.41) is 17.5. The van der Waals surface area contributed by atoms with Crippen molar-refractivity contribution in [2.45, 2.75) is 90.6 Å². The number of nitriles is 1. The minimum absolute atomic E-state index is 0.0374. The van der Waals surface area contributed by atoms with Gasteiger partial charge < -0.3 is 24.0 Å². The molecule has 0 unspecified atom stereocenters. The number of methoxy groups -OCH3 is 1. The van der Waals surface area contributed by atoms with Gasteiger partial charge in [-0.25, -0.2) is 23.5 Å². The van der Waals surface area contributed by atoms with Crippen LogP contribution in [0.1, 0.15) is 59.6 Å². The Labute approximate surface area is 287 Å². The number of halogens is 2. The number of alkyl halides is 2. The highest BCUT2D eigenvalue weighted by Crippen LogP contribution is 2.47. The van der Waals surface area contributed by atoms with Crippen molar-refractivity contribution < 1.29 is 32.2 Å². The molecule has 3 aromatic rings. The van der Waals surface area contributed by atoms with Gasteiger partial charge in [0.05, 0.1) is 29.7 Å². The zero-order valence-electron chi connectivity index (χ0n) is 30.0. The molecule has 1 N–H and O–H groups in total. The van der Waals surface area contributed by atoms with Crippen LogP contribution in [-0.2, 0) is 25.9 Å². The molecule has 1 atom stereocenters. The fourth-order valence-corrected chi connectivity index (χ4v) is 6.15. The number of fused-ring (bicyclic) bond motifs is 1. The maximum Gasteiger partial charge on any atom is 0.414 e. The molecule has 0 bridgehead atoms. The first-order valence-corrected chi connectivity index (χ1v) is 19.0. The molecule has 1 aromatic carbocycles. The third-order valence-electron chi connectivity index (χ3n) is 8.61. The summed E-state index contributed by atoms with van der Waals surface area (Å²) in [5.41, 5.74) is 1.52. The average Bonchev–Trinajstić information content (AvgIpc) is 3.51. The number of benzene rings is 1. The largest absolute Gasteiger partial charge is 0.473 e. The van der Waals surface area contributed by atoms with E-state index in [-0.39, 0.29) is 42.2 Å². The number of hydrogen-bond acceptors (Lipinski definition) is 10.